The van der Waals surface area contributed by atoms with Gasteiger partial charge in [-0.2, -0.15) is 8.42 Å². The lowest BCUT2D eigenvalue weighted by molar-refractivity contribution is 0.0111. The average Bonchev–Trinajstić information content (AvgIpc) is 2.52. The summed E-state index contributed by atoms with van der Waals surface area (Å²) >= 11 is 0. The number of rotatable bonds is 6. The van der Waals surface area contributed by atoms with Gasteiger partial charge in [-0.25, -0.2) is 0 Å². The molecule has 0 bridgehead atoms. The molecule has 150 valence electrons. The van der Waals surface area contributed by atoms with E-state index in [4.69, 9.17) is 8.92 Å². The van der Waals surface area contributed by atoms with Gasteiger partial charge in [-0.1, -0.05) is 31.4 Å². The van der Waals surface area contributed by atoms with Crippen molar-refractivity contribution in [2.45, 2.75) is 77.7 Å². The predicted molar refractivity (Wildman–Crippen MR) is 109 cm³/mol. The third-order valence-electron chi connectivity index (χ3n) is 5.82. The Morgan fingerprint density at radius 1 is 1.26 bits per heavy atom. The van der Waals surface area contributed by atoms with Crippen LogP contribution in [0, 0.1) is 5.92 Å². The van der Waals surface area contributed by atoms with Gasteiger partial charge in [0, 0.05) is 17.4 Å². The van der Waals surface area contributed by atoms with E-state index in [0.717, 1.165) is 61.7 Å². The number of benzene rings is 1. The molecular weight excluding hydrogens is 360 g/mol. The molecule has 1 aliphatic carbocycles. The minimum atomic E-state index is -3.61. The van der Waals surface area contributed by atoms with Crippen LogP contribution in [0.4, 0.5) is 0 Å². The van der Waals surface area contributed by atoms with E-state index >= 15 is 0 Å². The number of fused-ring (bicyclic) bond motifs is 3. The van der Waals surface area contributed by atoms with Crippen molar-refractivity contribution in [3.63, 3.8) is 0 Å². The van der Waals surface area contributed by atoms with E-state index < -0.39 is 10.1 Å². The Morgan fingerprint density at radius 2 is 2.00 bits per heavy atom. The van der Waals surface area contributed by atoms with Gasteiger partial charge in [-0.05, 0) is 64.2 Å². The molecule has 0 saturated heterocycles. The second kappa shape index (κ2) is 7.50. The monoisotopic (exact) mass is 392 g/mol. The van der Waals surface area contributed by atoms with Gasteiger partial charge in [0.25, 0.3) is 0 Å². The number of hydrogen-bond acceptors (Lipinski definition) is 4. The van der Waals surface area contributed by atoms with Crippen molar-refractivity contribution in [2.75, 3.05) is 6.26 Å². The highest BCUT2D eigenvalue weighted by atomic mass is 32.2. The standard InChI is InChI=1S/C22H32O4S/c1-6-7-8-9-16-13-19-21(20(14-16)26-27(5,23)24)17-12-15(2)10-11-18(17)22(3,4)25-19/h12-14,17-18H,6-11H2,1-5H3/t17-,18-/m1/s1. The van der Waals surface area contributed by atoms with Crippen LogP contribution in [0.1, 0.15) is 76.8 Å². The second-order valence-corrected chi connectivity index (χ2v) is 10.2. The molecule has 0 fully saturated rings. The molecule has 0 spiro atoms. The predicted octanol–water partition coefficient (Wildman–Crippen LogP) is 5.37. The summed E-state index contributed by atoms with van der Waals surface area (Å²) in [6.07, 6.45) is 9.75. The van der Waals surface area contributed by atoms with Gasteiger partial charge in [0.15, 0.2) is 0 Å². The van der Waals surface area contributed by atoms with Crippen molar-refractivity contribution in [3.05, 3.63) is 34.9 Å². The maximum Gasteiger partial charge on any atom is 0.306 e. The van der Waals surface area contributed by atoms with E-state index in [2.05, 4.69) is 39.8 Å². The first-order chi connectivity index (χ1) is 12.6. The first kappa shape index (κ1) is 20.2. The van der Waals surface area contributed by atoms with Gasteiger partial charge >= 0.3 is 10.1 Å². The Labute approximate surface area is 164 Å². The zero-order valence-corrected chi connectivity index (χ0v) is 18.0. The fraction of sp³-hybridized carbons (Fsp3) is 0.636. The first-order valence-electron chi connectivity index (χ1n) is 10.0. The first-order valence-corrected chi connectivity index (χ1v) is 11.8. The molecule has 0 saturated carbocycles. The van der Waals surface area contributed by atoms with Crippen LogP contribution >= 0.6 is 0 Å². The summed E-state index contributed by atoms with van der Waals surface area (Å²) in [6.45, 7) is 8.61. The van der Waals surface area contributed by atoms with Gasteiger partial charge in [0.2, 0.25) is 0 Å². The van der Waals surface area contributed by atoms with E-state index in [1.54, 1.807) is 0 Å². The van der Waals surface area contributed by atoms with E-state index in [0.29, 0.717) is 11.7 Å². The largest absolute Gasteiger partial charge is 0.487 e. The highest BCUT2D eigenvalue weighted by Gasteiger charge is 2.45. The summed E-state index contributed by atoms with van der Waals surface area (Å²) in [6, 6.07) is 4.00. The lowest BCUT2D eigenvalue weighted by Gasteiger charge is -2.46. The molecule has 2 aliphatic rings. The van der Waals surface area contributed by atoms with Crippen molar-refractivity contribution in [3.8, 4) is 11.5 Å². The van der Waals surface area contributed by atoms with Crippen molar-refractivity contribution in [2.24, 2.45) is 5.92 Å². The highest BCUT2D eigenvalue weighted by molar-refractivity contribution is 7.86. The van der Waals surface area contributed by atoms with E-state index in [1.807, 2.05) is 6.07 Å². The zero-order valence-electron chi connectivity index (χ0n) is 17.2. The molecule has 1 aromatic rings. The molecule has 1 heterocycles. The molecular formula is C22H32O4S. The number of ether oxygens (including phenoxy) is 1. The maximum atomic E-state index is 11.9. The Morgan fingerprint density at radius 3 is 2.67 bits per heavy atom. The number of unbranched alkanes of at least 4 members (excludes halogenated alkanes) is 2. The highest BCUT2D eigenvalue weighted by Crippen LogP contribution is 2.53. The molecule has 5 heteroatoms. The van der Waals surface area contributed by atoms with Crippen molar-refractivity contribution >= 4 is 10.1 Å². The van der Waals surface area contributed by atoms with E-state index in [1.165, 1.54) is 5.57 Å². The van der Waals surface area contributed by atoms with E-state index in [9.17, 15) is 8.42 Å². The SMILES string of the molecule is CCCCCc1cc2c(c(OS(C)(=O)=O)c1)[C@@H]1C=C(C)CC[C@H]1C(C)(C)O2. The summed E-state index contributed by atoms with van der Waals surface area (Å²) in [4.78, 5) is 0. The minimum absolute atomic E-state index is 0.124. The van der Waals surface area contributed by atoms with Crippen LogP contribution < -0.4 is 8.92 Å². The van der Waals surface area contributed by atoms with Gasteiger partial charge in [-0.15, -0.1) is 0 Å². The Bertz CT molecular complexity index is 836. The smallest absolute Gasteiger partial charge is 0.306 e. The summed E-state index contributed by atoms with van der Waals surface area (Å²) in [5, 5.41) is 0. The molecule has 1 aromatic carbocycles. The zero-order chi connectivity index (χ0) is 19.8. The maximum absolute atomic E-state index is 11.9. The van der Waals surface area contributed by atoms with Gasteiger partial charge < -0.3 is 8.92 Å². The molecule has 2 atom stereocenters. The quantitative estimate of drug-likeness (QED) is 0.371. The molecule has 4 nitrogen and oxygen atoms in total. The molecule has 27 heavy (non-hydrogen) atoms. The summed E-state index contributed by atoms with van der Waals surface area (Å²) in [7, 11) is -3.61. The van der Waals surface area contributed by atoms with Crippen LogP contribution in [-0.4, -0.2) is 20.3 Å². The van der Waals surface area contributed by atoms with Gasteiger partial charge in [0.05, 0.1) is 6.26 Å². The van der Waals surface area contributed by atoms with Crippen molar-refractivity contribution in [1.82, 2.24) is 0 Å². The van der Waals surface area contributed by atoms with Gasteiger partial charge in [0.1, 0.15) is 17.1 Å². The molecule has 1 aliphatic heterocycles. The van der Waals surface area contributed by atoms with Crippen LogP contribution in [0.3, 0.4) is 0 Å². The number of hydrogen-bond donors (Lipinski definition) is 0. The van der Waals surface area contributed by atoms with Crippen LogP contribution in [0.25, 0.3) is 0 Å². The Balaban J connectivity index is 2.12. The van der Waals surface area contributed by atoms with Gasteiger partial charge in [-0.3, -0.25) is 0 Å². The molecule has 0 aromatic heterocycles. The molecule has 0 amide bonds. The van der Waals surface area contributed by atoms with Crippen LogP contribution in [0.5, 0.6) is 11.5 Å². The normalized spacial score (nSPS) is 23.7. The van der Waals surface area contributed by atoms with Crippen LogP contribution in [0.15, 0.2) is 23.8 Å². The number of allylic oxidation sites excluding steroid dienone is 2. The third kappa shape index (κ3) is 4.50. The lowest BCUT2D eigenvalue weighted by Crippen LogP contribution is -2.45. The summed E-state index contributed by atoms with van der Waals surface area (Å²) in [5.74, 6) is 1.65. The van der Waals surface area contributed by atoms with E-state index in [-0.39, 0.29) is 11.5 Å². The number of aryl methyl sites for hydroxylation is 1. The summed E-state index contributed by atoms with van der Waals surface area (Å²) < 4.78 is 35.7. The molecule has 0 radical (unpaired) electrons. The van der Waals surface area contributed by atoms with Crippen LogP contribution in [0.2, 0.25) is 0 Å². The van der Waals surface area contributed by atoms with Crippen molar-refractivity contribution < 1.29 is 17.3 Å². The minimum Gasteiger partial charge on any atom is -0.487 e. The second-order valence-electron chi connectivity index (χ2n) is 8.64. The average molecular weight is 393 g/mol. The topological polar surface area (TPSA) is 52.6 Å². The summed E-state index contributed by atoms with van der Waals surface area (Å²) in [5.41, 5.74) is 3.02. The fourth-order valence-corrected chi connectivity index (χ4v) is 4.98. The fourth-order valence-electron chi connectivity index (χ4n) is 4.52. The molecule has 0 unspecified atom stereocenters. The molecule has 3 rings (SSSR count). The third-order valence-corrected chi connectivity index (χ3v) is 6.30. The Hall–Kier alpha value is -1.49. The van der Waals surface area contributed by atoms with Crippen LogP contribution in [-0.2, 0) is 16.5 Å². The molecule has 0 N–H and O–H groups in total. The Kier molecular flexibility index (Phi) is 5.62. The van der Waals surface area contributed by atoms with Crippen molar-refractivity contribution in [1.29, 1.82) is 0 Å². The lowest BCUT2D eigenvalue weighted by atomic mass is 9.68.